The summed E-state index contributed by atoms with van der Waals surface area (Å²) in [4.78, 5) is 11.1. The number of hydrogen-bond acceptors (Lipinski definition) is 1. The fourth-order valence-electron chi connectivity index (χ4n) is 0.701. The minimum Gasteiger partial charge on any atom is -0.356 e. The van der Waals surface area contributed by atoms with Crippen LogP contribution in [-0.2, 0) is 4.79 Å². The lowest BCUT2D eigenvalue weighted by atomic mass is 9.97. The van der Waals surface area contributed by atoms with Gasteiger partial charge >= 0.3 is 0 Å². The lowest BCUT2D eigenvalue weighted by Gasteiger charge is -2.21. The fraction of sp³-hybridized carbons (Fsp3) is 0.889. The van der Waals surface area contributed by atoms with Crippen molar-refractivity contribution in [1.29, 1.82) is 0 Å². The first kappa shape index (κ1) is 11.9. The number of rotatable bonds is 5. The molecule has 0 heterocycles. The van der Waals surface area contributed by atoms with Gasteiger partial charge < -0.3 is 5.32 Å². The number of amides is 1. The number of nitrogens with one attached hydrogen (secondary N) is 1. The molecule has 0 saturated heterocycles. The van der Waals surface area contributed by atoms with Gasteiger partial charge in [0.05, 0.1) is 0 Å². The van der Waals surface area contributed by atoms with E-state index in [1.807, 2.05) is 6.92 Å². The Morgan fingerprint density at radius 3 is 2.50 bits per heavy atom. The Labute approximate surface area is 83.2 Å². The van der Waals surface area contributed by atoms with Crippen LogP contribution < -0.4 is 5.32 Å². The normalized spacial score (nSPS) is 11.3. The van der Waals surface area contributed by atoms with E-state index < -0.39 is 0 Å². The van der Waals surface area contributed by atoms with Crippen LogP contribution in [0.1, 0.15) is 33.6 Å². The van der Waals surface area contributed by atoms with Gasteiger partial charge in [0.15, 0.2) is 0 Å². The van der Waals surface area contributed by atoms with Gasteiger partial charge in [-0.05, 0) is 11.8 Å². The number of carbonyl (C=O) groups is 1. The molecule has 0 bridgehead atoms. The summed E-state index contributed by atoms with van der Waals surface area (Å²) in [6.07, 6.45) is 1.55. The second-order valence-electron chi connectivity index (χ2n) is 3.82. The Balaban J connectivity index is 3.60. The maximum Gasteiger partial charge on any atom is 0.220 e. The fourth-order valence-corrected chi connectivity index (χ4v) is 0.899. The van der Waals surface area contributed by atoms with Crippen molar-refractivity contribution in [2.45, 2.75) is 33.6 Å². The molecule has 3 heteroatoms. The van der Waals surface area contributed by atoms with Crippen LogP contribution in [0.4, 0.5) is 0 Å². The molecule has 1 N–H and O–H groups in total. The predicted octanol–water partition coefficient (Wildman–Crippen LogP) is 2.32. The van der Waals surface area contributed by atoms with Crippen LogP contribution in [0.5, 0.6) is 0 Å². The third kappa shape index (κ3) is 5.58. The first-order valence-electron chi connectivity index (χ1n) is 4.34. The molecule has 0 atom stereocenters. The van der Waals surface area contributed by atoms with Gasteiger partial charge in [0.25, 0.3) is 0 Å². The SMILES string of the molecule is CCCC(=O)NCC(C)(C)CBr. The second kappa shape index (κ2) is 5.57. The molecule has 0 spiro atoms. The van der Waals surface area contributed by atoms with Crippen LogP contribution in [0.15, 0.2) is 0 Å². The van der Waals surface area contributed by atoms with Crippen LogP contribution in [0.2, 0.25) is 0 Å². The molecular weight excluding hydrogens is 218 g/mol. The maximum absolute atomic E-state index is 11.1. The Morgan fingerprint density at radius 2 is 2.08 bits per heavy atom. The largest absolute Gasteiger partial charge is 0.356 e. The summed E-state index contributed by atoms with van der Waals surface area (Å²) < 4.78 is 0. The van der Waals surface area contributed by atoms with Gasteiger partial charge in [-0.3, -0.25) is 4.79 Å². The van der Waals surface area contributed by atoms with Crippen molar-refractivity contribution in [2.24, 2.45) is 5.41 Å². The molecule has 2 nitrogen and oxygen atoms in total. The van der Waals surface area contributed by atoms with E-state index in [4.69, 9.17) is 0 Å². The van der Waals surface area contributed by atoms with Crippen molar-refractivity contribution in [3.63, 3.8) is 0 Å². The third-order valence-corrected chi connectivity index (χ3v) is 3.12. The van der Waals surface area contributed by atoms with Gasteiger partial charge in [0.2, 0.25) is 5.91 Å². The van der Waals surface area contributed by atoms with Crippen molar-refractivity contribution in [2.75, 3.05) is 11.9 Å². The van der Waals surface area contributed by atoms with E-state index in [0.717, 1.165) is 18.3 Å². The van der Waals surface area contributed by atoms with Crippen LogP contribution in [0.3, 0.4) is 0 Å². The topological polar surface area (TPSA) is 29.1 Å². The number of carbonyl (C=O) groups excluding carboxylic acids is 1. The van der Waals surface area contributed by atoms with Gasteiger partial charge in [-0.2, -0.15) is 0 Å². The molecule has 0 aliphatic carbocycles. The average Bonchev–Trinajstić information content (AvgIpc) is 2.02. The first-order chi connectivity index (χ1) is 5.52. The molecule has 0 saturated carbocycles. The Hall–Kier alpha value is -0.0500. The van der Waals surface area contributed by atoms with Gasteiger partial charge in [0.1, 0.15) is 0 Å². The number of alkyl halides is 1. The smallest absolute Gasteiger partial charge is 0.220 e. The number of hydrogen-bond donors (Lipinski definition) is 1. The van der Waals surface area contributed by atoms with Gasteiger partial charge in [-0.25, -0.2) is 0 Å². The summed E-state index contributed by atoms with van der Waals surface area (Å²) in [6.45, 7) is 6.99. The van der Waals surface area contributed by atoms with E-state index in [1.165, 1.54) is 0 Å². The molecular formula is C9H18BrNO. The van der Waals surface area contributed by atoms with Crippen LogP contribution in [-0.4, -0.2) is 17.8 Å². The van der Waals surface area contributed by atoms with E-state index in [2.05, 4.69) is 35.1 Å². The van der Waals surface area contributed by atoms with Crippen molar-refractivity contribution < 1.29 is 4.79 Å². The van der Waals surface area contributed by atoms with Crippen molar-refractivity contribution in [3.8, 4) is 0 Å². The molecule has 0 aliphatic heterocycles. The Morgan fingerprint density at radius 1 is 1.50 bits per heavy atom. The molecule has 0 aromatic rings. The molecule has 12 heavy (non-hydrogen) atoms. The molecule has 0 unspecified atom stereocenters. The zero-order valence-electron chi connectivity index (χ0n) is 8.11. The van der Waals surface area contributed by atoms with E-state index in [0.29, 0.717) is 6.42 Å². The van der Waals surface area contributed by atoms with Crippen molar-refractivity contribution >= 4 is 21.8 Å². The molecule has 0 aliphatic rings. The van der Waals surface area contributed by atoms with Crippen molar-refractivity contribution in [3.05, 3.63) is 0 Å². The summed E-state index contributed by atoms with van der Waals surface area (Å²) in [5.74, 6) is 0.159. The highest BCUT2D eigenvalue weighted by molar-refractivity contribution is 9.09. The predicted molar refractivity (Wildman–Crippen MR) is 55.5 cm³/mol. The maximum atomic E-state index is 11.1. The average molecular weight is 236 g/mol. The molecule has 0 aromatic carbocycles. The Bertz CT molecular complexity index is 145. The molecule has 0 radical (unpaired) electrons. The summed E-state index contributed by atoms with van der Waals surface area (Å²) in [5.41, 5.74) is 0.156. The highest BCUT2D eigenvalue weighted by atomic mass is 79.9. The Kier molecular flexibility index (Phi) is 5.55. The summed E-state index contributed by atoms with van der Waals surface area (Å²) in [6, 6.07) is 0. The summed E-state index contributed by atoms with van der Waals surface area (Å²) in [5, 5.41) is 3.81. The molecule has 72 valence electrons. The van der Waals surface area contributed by atoms with Crippen LogP contribution in [0.25, 0.3) is 0 Å². The second-order valence-corrected chi connectivity index (χ2v) is 4.39. The molecule has 0 fully saturated rings. The van der Waals surface area contributed by atoms with E-state index in [1.54, 1.807) is 0 Å². The van der Waals surface area contributed by atoms with E-state index >= 15 is 0 Å². The highest BCUT2D eigenvalue weighted by Gasteiger charge is 2.16. The zero-order valence-corrected chi connectivity index (χ0v) is 9.70. The van der Waals surface area contributed by atoms with Gasteiger partial charge in [-0.1, -0.05) is 36.7 Å². The van der Waals surface area contributed by atoms with Gasteiger partial charge in [-0.15, -0.1) is 0 Å². The standard InChI is InChI=1S/C9H18BrNO/c1-4-5-8(12)11-7-9(2,3)6-10/h4-7H2,1-3H3,(H,11,12). The molecule has 0 rings (SSSR count). The molecule has 0 aromatic heterocycles. The van der Waals surface area contributed by atoms with E-state index in [-0.39, 0.29) is 11.3 Å². The van der Waals surface area contributed by atoms with Crippen molar-refractivity contribution in [1.82, 2.24) is 5.32 Å². The summed E-state index contributed by atoms with van der Waals surface area (Å²) >= 11 is 3.41. The zero-order chi connectivity index (χ0) is 9.61. The van der Waals surface area contributed by atoms with Crippen LogP contribution >= 0.6 is 15.9 Å². The first-order valence-corrected chi connectivity index (χ1v) is 5.46. The summed E-state index contributed by atoms with van der Waals surface area (Å²) in [7, 11) is 0. The minimum absolute atomic E-state index is 0.156. The monoisotopic (exact) mass is 235 g/mol. The quantitative estimate of drug-likeness (QED) is 0.729. The lowest BCUT2D eigenvalue weighted by molar-refractivity contribution is -0.121. The number of halogens is 1. The van der Waals surface area contributed by atoms with Crippen LogP contribution in [0, 0.1) is 5.41 Å². The van der Waals surface area contributed by atoms with Gasteiger partial charge in [0, 0.05) is 18.3 Å². The third-order valence-electron chi connectivity index (χ3n) is 1.60. The van der Waals surface area contributed by atoms with E-state index in [9.17, 15) is 4.79 Å². The highest BCUT2D eigenvalue weighted by Crippen LogP contribution is 2.16. The lowest BCUT2D eigenvalue weighted by Crippen LogP contribution is -2.34. The molecule has 1 amide bonds. The minimum atomic E-state index is 0.156.